The molecule has 2 heterocycles. The van der Waals surface area contributed by atoms with Crippen LogP contribution < -0.4 is 10.2 Å². The molecule has 1 fully saturated rings. The lowest BCUT2D eigenvalue weighted by Gasteiger charge is -2.30. The van der Waals surface area contributed by atoms with E-state index in [-0.39, 0.29) is 5.91 Å². The molecule has 0 saturated carbocycles. The molecular formula is C16H18N2O2S. The summed E-state index contributed by atoms with van der Waals surface area (Å²) in [5.41, 5.74) is 1.91. The molecule has 1 aromatic heterocycles. The van der Waals surface area contributed by atoms with Gasteiger partial charge in [0, 0.05) is 18.0 Å². The maximum atomic E-state index is 12.3. The van der Waals surface area contributed by atoms with Crippen molar-refractivity contribution in [2.24, 2.45) is 0 Å². The number of aryl methyl sites for hydroxylation is 1. The fraction of sp³-hybridized carbons (Fsp3) is 0.312. The number of hydrogen-bond acceptors (Lipinski definition) is 4. The SMILES string of the molecule is Cc1ccc(C(=O)Nc2ccccc2N2CCOCC2)s1. The molecule has 1 amide bonds. The van der Waals surface area contributed by atoms with Gasteiger partial charge >= 0.3 is 0 Å². The molecule has 0 spiro atoms. The number of carbonyl (C=O) groups excluding carboxylic acids is 1. The normalized spacial score (nSPS) is 15.0. The van der Waals surface area contributed by atoms with Crippen molar-refractivity contribution in [2.75, 3.05) is 36.5 Å². The molecule has 5 heteroatoms. The van der Waals surface area contributed by atoms with Gasteiger partial charge in [0.25, 0.3) is 5.91 Å². The molecule has 110 valence electrons. The van der Waals surface area contributed by atoms with Crippen molar-refractivity contribution < 1.29 is 9.53 Å². The molecular weight excluding hydrogens is 284 g/mol. The van der Waals surface area contributed by atoms with Crippen LogP contribution in [-0.4, -0.2) is 32.2 Å². The molecule has 1 N–H and O–H groups in total. The summed E-state index contributed by atoms with van der Waals surface area (Å²) in [6.45, 7) is 5.16. The second kappa shape index (κ2) is 6.28. The molecule has 0 bridgehead atoms. The first kappa shape index (κ1) is 14.1. The number of thiophene rings is 1. The van der Waals surface area contributed by atoms with E-state index < -0.39 is 0 Å². The van der Waals surface area contributed by atoms with Crippen molar-refractivity contribution in [1.29, 1.82) is 0 Å². The van der Waals surface area contributed by atoms with E-state index in [0.717, 1.165) is 47.4 Å². The molecule has 0 unspecified atom stereocenters. The Morgan fingerprint density at radius 1 is 1.19 bits per heavy atom. The second-order valence-electron chi connectivity index (χ2n) is 4.98. The van der Waals surface area contributed by atoms with Gasteiger partial charge in [0.05, 0.1) is 29.5 Å². The van der Waals surface area contributed by atoms with Crippen LogP contribution >= 0.6 is 11.3 Å². The molecule has 1 saturated heterocycles. The van der Waals surface area contributed by atoms with E-state index in [4.69, 9.17) is 4.74 Å². The third-order valence-electron chi connectivity index (χ3n) is 3.47. The number of anilines is 2. The zero-order valence-corrected chi connectivity index (χ0v) is 12.8. The minimum absolute atomic E-state index is 0.0474. The van der Waals surface area contributed by atoms with Gasteiger partial charge in [0.2, 0.25) is 0 Å². The Morgan fingerprint density at radius 3 is 2.67 bits per heavy atom. The Morgan fingerprint density at radius 2 is 1.95 bits per heavy atom. The van der Waals surface area contributed by atoms with Gasteiger partial charge in [-0.05, 0) is 31.2 Å². The summed E-state index contributed by atoms with van der Waals surface area (Å²) < 4.78 is 5.39. The molecule has 2 aromatic rings. The first-order valence-electron chi connectivity index (χ1n) is 7.03. The average Bonchev–Trinajstić information content (AvgIpc) is 2.95. The van der Waals surface area contributed by atoms with Gasteiger partial charge in [-0.2, -0.15) is 0 Å². The summed E-state index contributed by atoms with van der Waals surface area (Å²) in [6, 6.07) is 11.8. The third-order valence-corrected chi connectivity index (χ3v) is 4.47. The van der Waals surface area contributed by atoms with Gasteiger partial charge in [-0.15, -0.1) is 11.3 Å². The van der Waals surface area contributed by atoms with Crippen molar-refractivity contribution in [3.05, 3.63) is 46.2 Å². The third kappa shape index (κ3) is 3.25. The number of carbonyl (C=O) groups is 1. The lowest BCUT2D eigenvalue weighted by atomic mass is 10.2. The Labute approximate surface area is 128 Å². The molecule has 1 aliphatic rings. The number of rotatable bonds is 3. The maximum absolute atomic E-state index is 12.3. The zero-order chi connectivity index (χ0) is 14.7. The van der Waals surface area contributed by atoms with E-state index in [0.29, 0.717) is 0 Å². The lowest BCUT2D eigenvalue weighted by Crippen LogP contribution is -2.36. The molecule has 0 radical (unpaired) electrons. The van der Waals surface area contributed by atoms with E-state index in [1.807, 2.05) is 43.3 Å². The molecule has 1 aromatic carbocycles. The Bertz CT molecular complexity index is 633. The van der Waals surface area contributed by atoms with E-state index in [1.54, 1.807) is 0 Å². The largest absolute Gasteiger partial charge is 0.378 e. The first-order valence-corrected chi connectivity index (χ1v) is 7.85. The number of ether oxygens (including phenoxy) is 1. The molecule has 0 aliphatic carbocycles. The average molecular weight is 302 g/mol. The number of hydrogen-bond donors (Lipinski definition) is 1. The van der Waals surface area contributed by atoms with Gasteiger partial charge < -0.3 is 15.0 Å². The molecule has 1 aliphatic heterocycles. The Balaban J connectivity index is 1.80. The topological polar surface area (TPSA) is 41.6 Å². The van der Waals surface area contributed by atoms with Crippen LogP contribution in [0, 0.1) is 6.92 Å². The van der Waals surface area contributed by atoms with Crippen LogP contribution in [0.3, 0.4) is 0 Å². The van der Waals surface area contributed by atoms with Crippen LogP contribution in [0.1, 0.15) is 14.5 Å². The molecule has 3 rings (SSSR count). The van der Waals surface area contributed by atoms with E-state index in [1.165, 1.54) is 11.3 Å². The number of benzene rings is 1. The second-order valence-corrected chi connectivity index (χ2v) is 6.27. The van der Waals surface area contributed by atoms with Crippen LogP contribution in [0.2, 0.25) is 0 Å². The monoisotopic (exact) mass is 302 g/mol. The summed E-state index contributed by atoms with van der Waals surface area (Å²) in [6.07, 6.45) is 0. The lowest BCUT2D eigenvalue weighted by molar-refractivity contribution is 0.103. The number of nitrogens with one attached hydrogen (secondary N) is 1. The standard InChI is InChI=1S/C16H18N2O2S/c1-12-6-7-15(21-12)16(19)17-13-4-2-3-5-14(13)18-8-10-20-11-9-18/h2-7H,8-11H2,1H3,(H,17,19). The van der Waals surface area contributed by atoms with Crippen molar-refractivity contribution in [3.8, 4) is 0 Å². The smallest absolute Gasteiger partial charge is 0.265 e. The number of para-hydroxylation sites is 2. The minimum atomic E-state index is -0.0474. The van der Waals surface area contributed by atoms with Crippen molar-refractivity contribution in [2.45, 2.75) is 6.92 Å². The predicted octanol–water partition coefficient (Wildman–Crippen LogP) is 3.15. The maximum Gasteiger partial charge on any atom is 0.265 e. The van der Waals surface area contributed by atoms with Gasteiger partial charge in [-0.25, -0.2) is 0 Å². The quantitative estimate of drug-likeness (QED) is 0.947. The van der Waals surface area contributed by atoms with Crippen LogP contribution in [0.4, 0.5) is 11.4 Å². The molecule has 4 nitrogen and oxygen atoms in total. The highest BCUT2D eigenvalue weighted by Crippen LogP contribution is 2.27. The first-order chi connectivity index (χ1) is 10.2. The van der Waals surface area contributed by atoms with Gasteiger partial charge in [-0.1, -0.05) is 12.1 Å². The fourth-order valence-electron chi connectivity index (χ4n) is 2.40. The van der Waals surface area contributed by atoms with E-state index in [9.17, 15) is 4.79 Å². The van der Waals surface area contributed by atoms with Crippen LogP contribution in [0.15, 0.2) is 36.4 Å². The van der Waals surface area contributed by atoms with Crippen molar-refractivity contribution >= 4 is 28.6 Å². The summed E-state index contributed by atoms with van der Waals surface area (Å²) in [7, 11) is 0. The van der Waals surface area contributed by atoms with Crippen molar-refractivity contribution in [3.63, 3.8) is 0 Å². The number of morpholine rings is 1. The fourth-order valence-corrected chi connectivity index (χ4v) is 3.16. The summed E-state index contributed by atoms with van der Waals surface area (Å²) in [5.74, 6) is -0.0474. The van der Waals surface area contributed by atoms with Crippen LogP contribution in [0.25, 0.3) is 0 Å². The highest BCUT2D eigenvalue weighted by molar-refractivity contribution is 7.14. The van der Waals surface area contributed by atoms with Crippen LogP contribution in [-0.2, 0) is 4.74 Å². The highest BCUT2D eigenvalue weighted by Gasteiger charge is 2.16. The number of amides is 1. The predicted molar refractivity (Wildman–Crippen MR) is 86.5 cm³/mol. The van der Waals surface area contributed by atoms with E-state index in [2.05, 4.69) is 10.2 Å². The molecule has 0 atom stereocenters. The number of nitrogens with zero attached hydrogens (tertiary/aromatic N) is 1. The highest BCUT2D eigenvalue weighted by atomic mass is 32.1. The van der Waals surface area contributed by atoms with Crippen molar-refractivity contribution in [1.82, 2.24) is 0 Å². The Hall–Kier alpha value is -1.85. The van der Waals surface area contributed by atoms with Gasteiger partial charge in [0.15, 0.2) is 0 Å². The van der Waals surface area contributed by atoms with Gasteiger partial charge in [-0.3, -0.25) is 4.79 Å². The minimum Gasteiger partial charge on any atom is -0.378 e. The van der Waals surface area contributed by atoms with Gasteiger partial charge in [0.1, 0.15) is 0 Å². The van der Waals surface area contributed by atoms with E-state index >= 15 is 0 Å². The molecule has 21 heavy (non-hydrogen) atoms. The summed E-state index contributed by atoms with van der Waals surface area (Å²) >= 11 is 1.51. The summed E-state index contributed by atoms with van der Waals surface area (Å²) in [5, 5.41) is 3.03. The Kier molecular flexibility index (Phi) is 4.22. The van der Waals surface area contributed by atoms with Crippen LogP contribution in [0.5, 0.6) is 0 Å². The zero-order valence-electron chi connectivity index (χ0n) is 12.0. The summed E-state index contributed by atoms with van der Waals surface area (Å²) in [4.78, 5) is 16.4.